The Morgan fingerprint density at radius 2 is 2.20 bits per heavy atom. The zero-order valence-electron chi connectivity index (χ0n) is 15.1. The number of ether oxygens (including phenoxy) is 1. The van der Waals surface area contributed by atoms with Gasteiger partial charge in [-0.25, -0.2) is 4.98 Å². The second-order valence-corrected chi connectivity index (χ2v) is 7.48. The molecule has 1 aromatic rings. The highest BCUT2D eigenvalue weighted by molar-refractivity contribution is 5.91. The predicted molar refractivity (Wildman–Crippen MR) is 95.1 cm³/mol. The van der Waals surface area contributed by atoms with Crippen LogP contribution in [-0.2, 0) is 14.3 Å². The number of aromatic nitrogens is 1. The third-order valence-corrected chi connectivity index (χ3v) is 5.28. The molecular formula is C19H27N3O3. The average molecular weight is 345 g/mol. The molecule has 2 aliphatic rings. The fourth-order valence-electron chi connectivity index (χ4n) is 3.67. The summed E-state index contributed by atoms with van der Waals surface area (Å²) in [6.07, 6.45) is 4.54. The van der Waals surface area contributed by atoms with Gasteiger partial charge < -0.3 is 15.0 Å². The molecule has 136 valence electrons. The zero-order valence-corrected chi connectivity index (χ0v) is 15.1. The van der Waals surface area contributed by atoms with Crippen molar-refractivity contribution in [2.45, 2.75) is 39.0 Å². The Morgan fingerprint density at radius 3 is 2.88 bits per heavy atom. The Morgan fingerprint density at radius 1 is 1.40 bits per heavy atom. The molecule has 2 fully saturated rings. The minimum Gasteiger partial charge on any atom is -0.469 e. The quantitative estimate of drug-likeness (QED) is 0.802. The maximum absolute atomic E-state index is 12.6. The van der Waals surface area contributed by atoms with Crippen molar-refractivity contribution in [3.05, 3.63) is 23.9 Å². The van der Waals surface area contributed by atoms with E-state index in [1.165, 1.54) is 7.11 Å². The molecule has 0 bridgehead atoms. The number of hydrogen-bond acceptors (Lipinski definition) is 5. The van der Waals surface area contributed by atoms with Gasteiger partial charge in [-0.3, -0.25) is 9.59 Å². The third kappa shape index (κ3) is 4.78. The fourth-order valence-corrected chi connectivity index (χ4v) is 3.67. The molecule has 1 amide bonds. The molecule has 25 heavy (non-hydrogen) atoms. The second-order valence-electron chi connectivity index (χ2n) is 7.48. The number of anilines is 1. The van der Waals surface area contributed by atoms with E-state index >= 15 is 0 Å². The van der Waals surface area contributed by atoms with Crippen molar-refractivity contribution in [2.24, 2.45) is 11.3 Å². The summed E-state index contributed by atoms with van der Waals surface area (Å²) >= 11 is 0. The number of carbonyl (C=O) groups is 2. The Bertz CT molecular complexity index is 643. The van der Waals surface area contributed by atoms with Gasteiger partial charge in [0.15, 0.2) is 0 Å². The minimum absolute atomic E-state index is 0.0232. The highest BCUT2D eigenvalue weighted by Crippen LogP contribution is 2.50. The van der Waals surface area contributed by atoms with Crippen LogP contribution in [0.2, 0.25) is 0 Å². The number of piperidine rings is 1. The minimum atomic E-state index is -0.130. The number of carbonyl (C=O) groups excluding carboxylic acids is 2. The molecule has 6 nitrogen and oxygen atoms in total. The van der Waals surface area contributed by atoms with Gasteiger partial charge in [0.05, 0.1) is 19.4 Å². The van der Waals surface area contributed by atoms with Crippen molar-refractivity contribution in [1.82, 2.24) is 9.88 Å². The largest absolute Gasteiger partial charge is 0.469 e. The number of rotatable bonds is 6. The Labute approximate surface area is 148 Å². The number of nitrogens with one attached hydrogen (secondary N) is 1. The van der Waals surface area contributed by atoms with Crippen LogP contribution < -0.4 is 5.32 Å². The molecular weight excluding hydrogens is 318 g/mol. The molecule has 0 spiro atoms. The van der Waals surface area contributed by atoms with E-state index in [9.17, 15) is 9.59 Å². The molecule has 1 N–H and O–H groups in total. The number of likely N-dealkylation sites (tertiary alicyclic amines) is 1. The van der Waals surface area contributed by atoms with Crippen LogP contribution in [0.25, 0.3) is 0 Å². The molecule has 0 radical (unpaired) electrons. The first-order valence-electron chi connectivity index (χ1n) is 9.03. The summed E-state index contributed by atoms with van der Waals surface area (Å²) in [5, 5.41) is 2.94. The summed E-state index contributed by atoms with van der Waals surface area (Å²) in [6, 6.07) is 5.63. The van der Waals surface area contributed by atoms with E-state index in [0.717, 1.165) is 51.0 Å². The highest BCUT2D eigenvalue weighted by atomic mass is 16.5. The summed E-state index contributed by atoms with van der Waals surface area (Å²) in [6.45, 7) is 4.54. The average Bonchev–Trinajstić information content (AvgIpc) is 3.34. The van der Waals surface area contributed by atoms with E-state index in [4.69, 9.17) is 4.74 Å². The molecule has 1 saturated carbocycles. The number of esters is 1. The molecule has 0 aromatic carbocycles. The van der Waals surface area contributed by atoms with Gasteiger partial charge in [-0.05, 0) is 56.7 Å². The van der Waals surface area contributed by atoms with Crippen LogP contribution in [0.1, 0.15) is 37.8 Å². The third-order valence-electron chi connectivity index (χ3n) is 5.28. The normalized spacial score (nSPS) is 22.2. The molecule has 3 rings (SSSR count). The molecule has 1 aromatic heterocycles. The first-order chi connectivity index (χ1) is 12.0. The van der Waals surface area contributed by atoms with E-state index in [1.54, 1.807) is 0 Å². The molecule has 1 saturated heterocycles. The number of methoxy groups -OCH3 is 1. The van der Waals surface area contributed by atoms with Crippen molar-refractivity contribution in [2.75, 3.05) is 32.1 Å². The lowest BCUT2D eigenvalue weighted by molar-refractivity contribution is -0.142. The van der Waals surface area contributed by atoms with Gasteiger partial charge in [-0.2, -0.15) is 0 Å². The van der Waals surface area contributed by atoms with Crippen molar-refractivity contribution in [3.63, 3.8) is 0 Å². The number of hydrogen-bond donors (Lipinski definition) is 1. The highest BCUT2D eigenvalue weighted by Gasteiger charge is 2.46. The summed E-state index contributed by atoms with van der Waals surface area (Å²) < 4.78 is 4.82. The monoisotopic (exact) mass is 345 g/mol. The van der Waals surface area contributed by atoms with Gasteiger partial charge in [0.2, 0.25) is 5.91 Å². The van der Waals surface area contributed by atoms with Crippen LogP contribution in [0.4, 0.5) is 5.82 Å². The van der Waals surface area contributed by atoms with E-state index in [-0.39, 0.29) is 23.2 Å². The predicted octanol–water partition coefficient (Wildman–Crippen LogP) is 2.38. The lowest BCUT2D eigenvalue weighted by atomic mass is 9.94. The summed E-state index contributed by atoms with van der Waals surface area (Å²) in [7, 11) is 1.44. The molecule has 1 aliphatic heterocycles. The van der Waals surface area contributed by atoms with Gasteiger partial charge in [-0.15, -0.1) is 0 Å². The van der Waals surface area contributed by atoms with Crippen molar-refractivity contribution in [3.8, 4) is 0 Å². The number of nitrogens with zero attached hydrogens (tertiary/aromatic N) is 2. The SMILES string of the molecule is COC(=O)CC1(CN2CCC[C@@H](C(=O)Nc3cccc(C)n3)C2)CC1. The fraction of sp³-hybridized carbons (Fsp3) is 0.632. The maximum atomic E-state index is 12.6. The van der Waals surface area contributed by atoms with Crippen LogP contribution in [-0.4, -0.2) is 48.5 Å². The first-order valence-corrected chi connectivity index (χ1v) is 9.03. The van der Waals surface area contributed by atoms with Crippen LogP contribution in [0, 0.1) is 18.3 Å². The first kappa shape index (κ1) is 17.9. The second kappa shape index (κ2) is 7.52. The van der Waals surface area contributed by atoms with E-state index in [1.807, 2.05) is 25.1 Å². The number of aryl methyl sites for hydroxylation is 1. The summed E-state index contributed by atoms with van der Waals surface area (Å²) in [5.74, 6) is 0.506. The van der Waals surface area contributed by atoms with Crippen LogP contribution >= 0.6 is 0 Å². The smallest absolute Gasteiger partial charge is 0.306 e. The van der Waals surface area contributed by atoms with Gasteiger partial charge >= 0.3 is 5.97 Å². The van der Waals surface area contributed by atoms with Crippen LogP contribution in [0.15, 0.2) is 18.2 Å². The lowest BCUT2D eigenvalue weighted by Crippen LogP contribution is -2.43. The molecule has 6 heteroatoms. The summed E-state index contributed by atoms with van der Waals surface area (Å²) in [5.41, 5.74) is 0.963. The Kier molecular flexibility index (Phi) is 5.37. The topological polar surface area (TPSA) is 71.5 Å². The lowest BCUT2D eigenvalue weighted by Gasteiger charge is -2.34. The van der Waals surface area contributed by atoms with Crippen molar-refractivity contribution < 1.29 is 14.3 Å². The molecule has 2 heterocycles. The molecule has 0 unspecified atom stereocenters. The summed E-state index contributed by atoms with van der Waals surface area (Å²) in [4.78, 5) is 30.9. The van der Waals surface area contributed by atoms with Gasteiger partial charge in [0.1, 0.15) is 5.82 Å². The van der Waals surface area contributed by atoms with E-state index < -0.39 is 0 Å². The number of pyridine rings is 1. The standard InChI is InChI=1S/C19H27N3O3/c1-14-5-3-7-16(20-14)21-18(24)15-6-4-10-22(12-15)13-19(8-9-19)11-17(23)25-2/h3,5,7,15H,4,6,8-13H2,1-2H3,(H,20,21,24)/t15-/m1/s1. The van der Waals surface area contributed by atoms with E-state index in [0.29, 0.717) is 12.2 Å². The Hall–Kier alpha value is -1.95. The van der Waals surface area contributed by atoms with Crippen LogP contribution in [0.3, 0.4) is 0 Å². The molecule has 1 aliphatic carbocycles. The van der Waals surface area contributed by atoms with Gasteiger partial charge in [0.25, 0.3) is 0 Å². The van der Waals surface area contributed by atoms with Crippen molar-refractivity contribution in [1.29, 1.82) is 0 Å². The van der Waals surface area contributed by atoms with Gasteiger partial charge in [-0.1, -0.05) is 6.07 Å². The molecule has 1 atom stereocenters. The number of amides is 1. The van der Waals surface area contributed by atoms with Gasteiger partial charge in [0, 0.05) is 18.8 Å². The van der Waals surface area contributed by atoms with Crippen LogP contribution in [0.5, 0.6) is 0 Å². The maximum Gasteiger partial charge on any atom is 0.306 e. The van der Waals surface area contributed by atoms with E-state index in [2.05, 4.69) is 15.2 Å². The zero-order chi connectivity index (χ0) is 17.9. The van der Waals surface area contributed by atoms with Crippen molar-refractivity contribution >= 4 is 17.7 Å². The Balaban J connectivity index is 1.54.